The van der Waals surface area contributed by atoms with Crippen molar-refractivity contribution in [2.24, 2.45) is 11.3 Å². The van der Waals surface area contributed by atoms with Crippen molar-refractivity contribution in [2.45, 2.75) is 26.1 Å². The van der Waals surface area contributed by atoms with E-state index in [0.717, 1.165) is 12.1 Å². The molecule has 3 nitrogen and oxygen atoms in total. The predicted molar refractivity (Wildman–Crippen MR) is 65.1 cm³/mol. The number of esters is 1. The summed E-state index contributed by atoms with van der Waals surface area (Å²) >= 11 is 0. The summed E-state index contributed by atoms with van der Waals surface area (Å²) in [7, 11) is 1.23. The van der Waals surface area contributed by atoms with Crippen molar-refractivity contribution in [3.05, 3.63) is 29.6 Å². The van der Waals surface area contributed by atoms with Gasteiger partial charge in [-0.25, -0.2) is 4.39 Å². The summed E-state index contributed by atoms with van der Waals surface area (Å²) in [6.07, 6.45) is -5.25. The zero-order valence-electron chi connectivity index (χ0n) is 11.6. The summed E-state index contributed by atoms with van der Waals surface area (Å²) in [6, 6.07) is 2.03. The topological polar surface area (TPSA) is 35.5 Å². The van der Waals surface area contributed by atoms with Gasteiger partial charge in [-0.15, -0.1) is 0 Å². The molecule has 7 heteroatoms. The van der Waals surface area contributed by atoms with Gasteiger partial charge in [-0.05, 0) is 18.2 Å². The Kier molecular flexibility index (Phi) is 3.63. The van der Waals surface area contributed by atoms with Crippen LogP contribution in [0.25, 0.3) is 0 Å². The first-order valence-electron chi connectivity index (χ1n) is 6.20. The molecule has 1 saturated carbocycles. The molecule has 1 fully saturated rings. The maximum atomic E-state index is 13.7. The molecule has 21 heavy (non-hydrogen) atoms. The third kappa shape index (κ3) is 2.82. The summed E-state index contributed by atoms with van der Waals surface area (Å²) in [4.78, 5) is 11.5. The zero-order valence-corrected chi connectivity index (χ0v) is 11.6. The van der Waals surface area contributed by atoms with Crippen LogP contribution in [-0.4, -0.2) is 19.2 Å². The summed E-state index contributed by atoms with van der Waals surface area (Å²) in [6.45, 7) is 3.47. The number of ether oxygens (including phenoxy) is 2. The van der Waals surface area contributed by atoms with Gasteiger partial charge in [-0.1, -0.05) is 13.8 Å². The molecule has 0 heterocycles. The second-order valence-corrected chi connectivity index (χ2v) is 5.50. The number of carbonyl (C=O) groups excluding carboxylic acids is 1. The molecule has 0 saturated heterocycles. The molecule has 1 aromatic rings. The van der Waals surface area contributed by atoms with E-state index in [9.17, 15) is 22.4 Å². The standard InChI is InChI=1S/C14H14F4O3/c1-13(2)10(12(19)20-3)11(13)21-9-5-4-7(6-8(9)15)14(16,17)18/h4-6,10-11H,1-3H3. The zero-order chi connectivity index (χ0) is 16.0. The molecule has 0 aliphatic heterocycles. The van der Waals surface area contributed by atoms with Gasteiger partial charge in [0.25, 0.3) is 0 Å². The van der Waals surface area contributed by atoms with Crippen molar-refractivity contribution in [1.29, 1.82) is 0 Å². The van der Waals surface area contributed by atoms with Crippen molar-refractivity contribution in [3.63, 3.8) is 0 Å². The van der Waals surface area contributed by atoms with Crippen molar-refractivity contribution in [2.75, 3.05) is 7.11 Å². The molecule has 116 valence electrons. The number of methoxy groups -OCH3 is 1. The molecular weight excluding hydrogens is 292 g/mol. The maximum Gasteiger partial charge on any atom is 0.416 e. The van der Waals surface area contributed by atoms with Gasteiger partial charge in [0.2, 0.25) is 0 Å². The molecule has 2 unspecified atom stereocenters. The van der Waals surface area contributed by atoms with Crippen LogP contribution in [0.3, 0.4) is 0 Å². The van der Waals surface area contributed by atoms with Crippen LogP contribution in [0, 0.1) is 17.2 Å². The number of halogens is 4. The van der Waals surface area contributed by atoms with Crippen LogP contribution in [0.1, 0.15) is 19.4 Å². The minimum atomic E-state index is -4.62. The highest BCUT2D eigenvalue weighted by Crippen LogP contribution is 2.54. The van der Waals surface area contributed by atoms with Crippen molar-refractivity contribution in [1.82, 2.24) is 0 Å². The smallest absolute Gasteiger partial charge is 0.416 e. The molecular formula is C14H14F4O3. The number of hydrogen-bond acceptors (Lipinski definition) is 3. The van der Waals surface area contributed by atoms with Crippen LogP contribution in [-0.2, 0) is 15.7 Å². The Balaban J connectivity index is 2.17. The van der Waals surface area contributed by atoms with E-state index in [2.05, 4.69) is 4.74 Å². The average molecular weight is 306 g/mol. The van der Waals surface area contributed by atoms with E-state index in [0.29, 0.717) is 6.07 Å². The van der Waals surface area contributed by atoms with Gasteiger partial charge in [-0.2, -0.15) is 13.2 Å². The van der Waals surface area contributed by atoms with E-state index in [1.807, 2.05) is 0 Å². The Bertz CT molecular complexity index is 566. The lowest BCUT2D eigenvalue weighted by Gasteiger charge is -2.11. The number of alkyl halides is 3. The first-order valence-corrected chi connectivity index (χ1v) is 6.20. The van der Waals surface area contributed by atoms with Crippen LogP contribution >= 0.6 is 0 Å². The first-order chi connectivity index (χ1) is 9.59. The van der Waals surface area contributed by atoms with Crippen molar-refractivity contribution < 1.29 is 31.8 Å². The first kappa shape index (κ1) is 15.6. The quantitative estimate of drug-likeness (QED) is 0.634. The number of benzene rings is 1. The summed E-state index contributed by atoms with van der Waals surface area (Å²) < 4.78 is 61.0. The fourth-order valence-electron chi connectivity index (χ4n) is 2.27. The molecule has 0 aromatic heterocycles. The van der Waals surface area contributed by atoms with Gasteiger partial charge in [0.1, 0.15) is 12.0 Å². The summed E-state index contributed by atoms with van der Waals surface area (Å²) in [5.74, 6) is -2.48. The fraction of sp³-hybridized carbons (Fsp3) is 0.500. The van der Waals surface area contributed by atoms with E-state index < -0.39 is 41.0 Å². The van der Waals surface area contributed by atoms with Crippen LogP contribution in [0.2, 0.25) is 0 Å². The van der Waals surface area contributed by atoms with Crippen LogP contribution in [0.5, 0.6) is 5.75 Å². The van der Waals surface area contributed by atoms with Crippen LogP contribution in [0.15, 0.2) is 18.2 Å². The number of hydrogen-bond donors (Lipinski definition) is 0. The van der Waals surface area contributed by atoms with Gasteiger partial charge in [-0.3, -0.25) is 4.79 Å². The minimum Gasteiger partial charge on any atom is -0.486 e. The average Bonchev–Trinajstić information content (AvgIpc) is 2.91. The van der Waals surface area contributed by atoms with Gasteiger partial charge in [0, 0.05) is 5.41 Å². The lowest BCUT2D eigenvalue weighted by molar-refractivity contribution is -0.143. The summed E-state index contributed by atoms with van der Waals surface area (Å²) in [5.41, 5.74) is -1.64. The van der Waals surface area contributed by atoms with E-state index in [1.54, 1.807) is 13.8 Å². The molecule has 0 amide bonds. The van der Waals surface area contributed by atoms with Crippen LogP contribution < -0.4 is 4.74 Å². The molecule has 1 aromatic carbocycles. The molecule has 0 bridgehead atoms. The van der Waals surface area contributed by atoms with Crippen molar-refractivity contribution >= 4 is 5.97 Å². The predicted octanol–water partition coefficient (Wildman–Crippen LogP) is 3.42. The molecule has 0 N–H and O–H groups in total. The fourth-order valence-corrected chi connectivity index (χ4v) is 2.27. The second kappa shape index (κ2) is 4.89. The highest BCUT2D eigenvalue weighted by atomic mass is 19.4. The largest absolute Gasteiger partial charge is 0.486 e. The van der Waals surface area contributed by atoms with Gasteiger partial charge < -0.3 is 9.47 Å². The van der Waals surface area contributed by atoms with Crippen molar-refractivity contribution in [3.8, 4) is 5.75 Å². The Labute approximate surface area is 118 Å². The van der Waals surface area contributed by atoms with E-state index in [-0.39, 0.29) is 5.75 Å². The lowest BCUT2D eigenvalue weighted by atomic mass is 10.1. The van der Waals surface area contributed by atoms with E-state index in [4.69, 9.17) is 4.74 Å². The Morgan fingerprint density at radius 1 is 1.29 bits per heavy atom. The minimum absolute atomic E-state index is 0.313. The molecule has 1 aliphatic carbocycles. The normalized spacial score (nSPS) is 23.6. The highest BCUT2D eigenvalue weighted by Gasteiger charge is 2.65. The van der Waals surface area contributed by atoms with E-state index >= 15 is 0 Å². The highest BCUT2D eigenvalue weighted by molar-refractivity contribution is 5.78. The molecule has 1 aliphatic rings. The Morgan fingerprint density at radius 3 is 2.38 bits per heavy atom. The third-order valence-electron chi connectivity index (χ3n) is 3.70. The monoisotopic (exact) mass is 306 g/mol. The Morgan fingerprint density at radius 2 is 1.90 bits per heavy atom. The van der Waals surface area contributed by atoms with Gasteiger partial charge >= 0.3 is 12.1 Å². The SMILES string of the molecule is COC(=O)C1C(Oc2ccc(C(F)(F)F)cc2F)C1(C)C. The molecule has 2 atom stereocenters. The Hall–Kier alpha value is -1.79. The summed E-state index contributed by atoms with van der Waals surface area (Å²) in [5, 5.41) is 0. The molecule has 0 spiro atoms. The molecule has 0 radical (unpaired) electrons. The lowest BCUT2D eigenvalue weighted by Crippen LogP contribution is -2.11. The van der Waals surface area contributed by atoms with Gasteiger partial charge in [0.15, 0.2) is 11.6 Å². The third-order valence-corrected chi connectivity index (χ3v) is 3.70. The second-order valence-electron chi connectivity index (χ2n) is 5.50. The van der Waals surface area contributed by atoms with Crippen LogP contribution in [0.4, 0.5) is 17.6 Å². The van der Waals surface area contributed by atoms with Gasteiger partial charge in [0.05, 0.1) is 12.7 Å². The number of rotatable bonds is 3. The molecule has 2 rings (SSSR count). The van der Waals surface area contributed by atoms with E-state index in [1.165, 1.54) is 7.11 Å². The number of carbonyl (C=O) groups is 1. The maximum absolute atomic E-state index is 13.7.